The van der Waals surface area contributed by atoms with Crippen LogP contribution in [0.4, 0.5) is 13.2 Å². The van der Waals surface area contributed by atoms with Crippen molar-refractivity contribution >= 4 is 47.2 Å². The minimum Gasteiger partial charge on any atom is -0.356 e. The van der Waals surface area contributed by atoms with E-state index in [-0.39, 0.29) is 42.5 Å². The van der Waals surface area contributed by atoms with Gasteiger partial charge in [-0.3, -0.25) is 9.79 Å². The van der Waals surface area contributed by atoms with Crippen molar-refractivity contribution in [3.05, 3.63) is 16.1 Å². The second-order valence-electron chi connectivity index (χ2n) is 6.13. The molecule has 0 atom stereocenters. The molecule has 1 heterocycles. The summed E-state index contributed by atoms with van der Waals surface area (Å²) in [5.74, 6) is 0.339. The number of aromatic nitrogens is 1. The molecule has 1 saturated carbocycles. The topological polar surface area (TPSA) is 78.4 Å². The first-order valence-corrected chi connectivity index (χ1v) is 9.52. The minimum absolute atomic E-state index is 0. The van der Waals surface area contributed by atoms with Gasteiger partial charge in [0.25, 0.3) is 0 Å². The number of nitrogens with zero attached hydrogens (tertiary/aromatic N) is 2. The predicted octanol–water partition coefficient (Wildman–Crippen LogP) is 2.94. The lowest BCUT2D eigenvalue weighted by Gasteiger charge is -2.23. The predicted molar refractivity (Wildman–Crippen MR) is 111 cm³/mol. The van der Waals surface area contributed by atoms with Crippen molar-refractivity contribution in [1.29, 1.82) is 0 Å². The summed E-state index contributed by atoms with van der Waals surface area (Å²) < 4.78 is 37.5. The maximum absolute atomic E-state index is 12.5. The molecule has 1 aromatic heterocycles. The van der Waals surface area contributed by atoms with Gasteiger partial charge in [0.15, 0.2) is 11.7 Å². The van der Waals surface area contributed by atoms with Crippen LogP contribution < -0.4 is 16.0 Å². The summed E-state index contributed by atoms with van der Waals surface area (Å²) in [5, 5.41) is 10.3. The fraction of sp³-hybridized carbons (Fsp3) is 0.688. The van der Waals surface area contributed by atoms with Crippen LogP contribution in [0, 0.1) is 0 Å². The van der Waals surface area contributed by atoms with E-state index < -0.39 is 11.9 Å². The number of halogens is 4. The number of carbonyl (C=O) groups excluding carboxylic acids is 1. The first-order chi connectivity index (χ1) is 12.4. The SMILES string of the molecule is CN=C(NCCc1nc(C(F)(F)F)cs1)NCC(=O)NC1CCCCC1.I. The van der Waals surface area contributed by atoms with Gasteiger partial charge in [-0.2, -0.15) is 13.2 Å². The number of guanidine groups is 1. The number of alkyl halides is 3. The van der Waals surface area contributed by atoms with E-state index in [2.05, 4.69) is 25.9 Å². The zero-order valence-electron chi connectivity index (χ0n) is 15.1. The van der Waals surface area contributed by atoms with Gasteiger partial charge >= 0.3 is 6.18 Å². The van der Waals surface area contributed by atoms with Crippen LogP contribution in [0.15, 0.2) is 10.4 Å². The Morgan fingerprint density at radius 1 is 1.30 bits per heavy atom. The van der Waals surface area contributed by atoms with Crippen molar-refractivity contribution in [2.75, 3.05) is 20.1 Å². The molecule has 0 aromatic carbocycles. The van der Waals surface area contributed by atoms with Gasteiger partial charge in [-0.1, -0.05) is 19.3 Å². The summed E-state index contributed by atoms with van der Waals surface area (Å²) in [6.45, 7) is 0.473. The van der Waals surface area contributed by atoms with Crippen LogP contribution in [0.2, 0.25) is 0 Å². The van der Waals surface area contributed by atoms with E-state index >= 15 is 0 Å². The van der Waals surface area contributed by atoms with Gasteiger partial charge in [-0.05, 0) is 12.8 Å². The summed E-state index contributed by atoms with van der Waals surface area (Å²) in [5.41, 5.74) is -0.862. The van der Waals surface area contributed by atoms with E-state index in [0.717, 1.165) is 42.4 Å². The highest BCUT2D eigenvalue weighted by Crippen LogP contribution is 2.29. The third-order valence-corrected chi connectivity index (χ3v) is 4.99. The second-order valence-corrected chi connectivity index (χ2v) is 7.07. The molecule has 0 unspecified atom stereocenters. The lowest BCUT2D eigenvalue weighted by molar-refractivity contribution is -0.140. The fourth-order valence-electron chi connectivity index (χ4n) is 2.75. The average molecular weight is 519 g/mol. The molecule has 6 nitrogen and oxygen atoms in total. The van der Waals surface area contributed by atoms with E-state index in [9.17, 15) is 18.0 Å². The normalized spacial score (nSPS) is 15.8. The molecule has 1 aliphatic rings. The van der Waals surface area contributed by atoms with E-state index in [0.29, 0.717) is 23.9 Å². The van der Waals surface area contributed by atoms with Crippen LogP contribution in [0.25, 0.3) is 0 Å². The molecule has 1 aliphatic carbocycles. The highest BCUT2D eigenvalue weighted by atomic mass is 127. The van der Waals surface area contributed by atoms with Crippen LogP contribution in [-0.4, -0.2) is 43.0 Å². The van der Waals surface area contributed by atoms with Crippen molar-refractivity contribution in [2.24, 2.45) is 4.99 Å². The Labute approximate surface area is 177 Å². The molecule has 1 amide bonds. The summed E-state index contributed by atoms with van der Waals surface area (Å²) in [6, 6.07) is 0.251. The molecule has 0 bridgehead atoms. The Kier molecular flexibility index (Phi) is 10.3. The first-order valence-electron chi connectivity index (χ1n) is 8.64. The molecule has 27 heavy (non-hydrogen) atoms. The molecule has 3 N–H and O–H groups in total. The fourth-order valence-corrected chi connectivity index (χ4v) is 3.56. The molecule has 1 aromatic rings. The third kappa shape index (κ3) is 8.62. The van der Waals surface area contributed by atoms with Gasteiger partial charge < -0.3 is 16.0 Å². The quantitative estimate of drug-likeness (QED) is 0.307. The number of aliphatic imine (C=N–C) groups is 1. The monoisotopic (exact) mass is 519 g/mol. The van der Waals surface area contributed by atoms with Gasteiger partial charge in [0.1, 0.15) is 0 Å². The zero-order chi connectivity index (χ0) is 19.0. The van der Waals surface area contributed by atoms with Gasteiger partial charge in [-0.15, -0.1) is 35.3 Å². The van der Waals surface area contributed by atoms with Gasteiger partial charge in [-0.25, -0.2) is 4.98 Å². The number of hydrogen-bond donors (Lipinski definition) is 3. The smallest absolute Gasteiger partial charge is 0.356 e. The number of hydrogen-bond acceptors (Lipinski definition) is 4. The first kappa shape index (κ1) is 23.9. The second kappa shape index (κ2) is 11.7. The maximum atomic E-state index is 12.5. The van der Waals surface area contributed by atoms with Crippen LogP contribution in [0.3, 0.4) is 0 Å². The Bertz CT molecular complexity index is 617. The molecule has 0 spiro atoms. The number of carbonyl (C=O) groups is 1. The Morgan fingerprint density at radius 3 is 2.59 bits per heavy atom. The Morgan fingerprint density at radius 2 is 2.00 bits per heavy atom. The number of rotatable bonds is 6. The van der Waals surface area contributed by atoms with Gasteiger partial charge in [0.2, 0.25) is 5.91 Å². The van der Waals surface area contributed by atoms with Crippen molar-refractivity contribution < 1.29 is 18.0 Å². The van der Waals surface area contributed by atoms with Gasteiger partial charge in [0.05, 0.1) is 11.6 Å². The van der Waals surface area contributed by atoms with E-state index in [1.165, 1.54) is 6.42 Å². The van der Waals surface area contributed by atoms with Crippen molar-refractivity contribution in [1.82, 2.24) is 20.9 Å². The molecule has 0 saturated heterocycles. The maximum Gasteiger partial charge on any atom is 0.434 e. The molecule has 11 heteroatoms. The van der Waals surface area contributed by atoms with Crippen molar-refractivity contribution in [2.45, 2.75) is 50.7 Å². The van der Waals surface area contributed by atoms with Crippen LogP contribution in [0.5, 0.6) is 0 Å². The Hall–Kier alpha value is -1.11. The third-order valence-electron chi connectivity index (χ3n) is 4.08. The summed E-state index contributed by atoms with van der Waals surface area (Å²) in [6.07, 6.45) is 1.49. The Balaban J connectivity index is 0.00000364. The van der Waals surface area contributed by atoms with E-state index in [1.54, 1.807) is 7.05 Å². The lowest BCUT2D eigenvalue weighted by Crippen LogP contribution is -2.46. The molecular weight excluding hydrogens is 494 g/mol. The summed E-state index contributed by atoms with van der Waals surface area (Å²) in [4.78, 5) is 19.5. The van der Waals surface area contributed by atoms with Crippen molar-refractivity contribution in [3.8, 4) is 0 Å². The number of amides is 1. The largest absolute Gasteiger partial charge is 0.434 e. The molecule has 0 aliphatic heterocycles. The van der Waals surface area contributed by atoms with E-state index in [1.807, 2.05) is 0 Å². The summed E-state index contributed by atoms with van der Waals surface area (Å²) in [7, 11) is 1.57. The number of nitrogens with one attached hydrogen (secondary N) is 3. The minimum atomic E-state index is -4.41. The van der Waals surface area contributed by atoms with Crippen LogP contribution >= 0.6 is 35.3 Å². The molecule has 2 rings (SSSR count). The summed E-state index contributed by atoms with van der Waals surface area (Å²) >= 11 is 0.978. The lowest BCUT2D eigenvalue weighted by atomic mass is 9.95. The van der Waals surface area contributed by atoms with E-state index in [4.69, 9.17) is 0 Å². The molecule has 154 valence electrons. The molecule has 1 fully saturated rings. The van der Waals surface area contributed by atoms with Crippen molar-refractivity contribution in [3.63, 3.8) is 0 Å². The highest BCUT2D eigenvalue weighted by Gasteiger charge is 2.33. The van der Waals surface area contributed by atoms with Crippen LogP contribution in [0.1, 0.15) is 42.8 Å². The standard InChI is InChI=1S/C16H24F3N5OS.HI/c1-20-15(22-9-13(25)23-11-5-3-2-4-6-11)21-8-7-14-24-12(10-26-14)16(17,18)19;/h10-11H,2-9H2,1H3,(H,23,25)(H2,20,21,22);1H. The highest BCUT2D eigenvalue weighted by molar-refractivity contribution is 14.0. The zero-order valence-corrected chi connectivity index (χ0v) is 18.2. The molecular formula is C16H25F3IN5OS. The van der Waals surface area contributed by atoms with Crippen LogP contribution in [-0.2, 0) is 17.4 Å². The average Bonchev–Trinajstić information content (AvgIpc) is 3.08. The molecule has 0 radical (unpaired) electrons. The number of thiazole rings is 1. The van der Waals surface area contributed by atoms with Gasteiger partial charge in [0, 0.05) is 31.4 Å².